The van der Waals surface area contributed by atoms with Crippen LogP contribution in [0, 0.1) is 5.92 Å². The van der Waals surface area contributed by atoms with Gasteiger partial charge in [-0.3, -0.25) is 9.69 Å². The molecule has 1 aliphatic carbocycles. The molecule has 0 radical (unpaired) electrons. The van der Waals surface area contributed by atoms with Crippen LogP contribution >= 0.6 is 0 Å². The Morgan fingerprint density at radius 1 is 1.14 bits per heavy atom. The summed E-state index contributed by atoms with van der Waals surface area (Å²) in [6.45, 7) is 4.79. The van der Waals surface area contributed by atoms with Gasteiger partial charge in [-0.25, -0.2) is 8.42 Å². The molecule has 1 heterocycles. The second kappa shape index (κ2) is 7.07. The van der Waals surface area contributed by atoms with Gasteiger partial charge in [0.25, 0.3) is 0 Å². The van der Waals surface area contributed by atoms with Crippen LogP contribution in [0.25, 0.3) is 0 Å². The van der Waals surface area contributed by atoms with Gasteiger partial charge in [0.05, 0.1) is 12.8 Å². The average Bonchev–Trinajstić information content (AvgIpc) is 2.41. The zero-order valence-corrected chi connectivity index (χ0v) is 13.9. The van der Waals surface area contributed by atoms with Crippen LogP contribution in [0.5, 0.6) is 0 Å². The average molecular weight is 317 g/mol. The summed E-state index contributed by atoms with van der Waals surface area (Å²) in [4.78, 5) is 14.2. The number of hydrogen-bond acceptors (Lipinski definition) is 4. The highest BCUT2D eigenvalue weighted by Crippen LogP contribution is 2.23. The molecule has 6 nitrogen and oxygen atoms in total. The number of amides is 1. The summed E-state index contributed by atoms with van der Waals surface area (Å²) >= 11 is 0. The Balaban J connectivity index is 1.74. The molecule has 0 spiro atoms. The predicted octanol–water partition coefficient (Wildman–Crippen LogP) is 0.259. The van der Waals surface area contributed by atoms with Crippen molar-refractivity contribution >= 4 is 15.9 Å². The Kier molecular flexibility index (Phi) is 5.62. The molecule has 1 amide bonds. The van der Waals surface area contributed by atoms with Crippen molar-refractivity contribution in [1.29, 1.82) is 0 Å². The second-order valence-electron chi connectivity index (χ2n) is 6.37. The number of nitrogens with one attached hydrogen (secondary N) is 1. The van der Waals surface area contributed by atoms with E-state index in [1.807, 2.05) is 4.90 Å². The van der Waals surface area contributed by atoms with Crippen LogP contribution in [0.2, 0.25) is 0 Å². The molecule has 0 aromatic carbocycles. The number of sulfonamides is 1. The normalized spacial score (nSPS) is 29.2. The van der Waals surface area contributed by atoms with Crippen LogP contribution < -0.4 is 5.32 Å². The molecule has 2 atom stereocenters. The van der Waals surface area contributed by atoms with Crippen molar-refractivity contribution in [2.45, 2.75) is 38.6 Å². The number of carbonyl (C=O) groups excluding carboxylic acids is 1. The highest BCUT2D eigenvalue weighted by Gasteiger charge is 2.26. The molecule has 1 N–H and O–H groups in total. The molecule has 0 bridgehead atoms. The van der Waals surface area contributed by atoms with Gasteiger partial charge in [-0.05, 0) is 18.8 Å². The van der Waals surface area contributed by atoms with Crippen molar-refractivity contribution in [3.8, 4) is 0 Å². The zero-order chi connectivity index (χ0) is 15.5. The van der Waals surface area contributed by atoms with E-state index in [9.17, 15) is 13.2 Å². The maximum absolute atomic E-state index is 12.1. The first kappa shape index (κ1) is 16.7. The van der Waals surface area contributed by atoms with Gasteiger partial charge >= 0.3 is 0 Å². The van der Waals surface area contributed by atoms with Gasteiger partial charge in [0.1, 0.15) is 0 Å². The molecule has 0 aromatic rings. The number of nitrogens with zero attached hydrogens (tertiary/aromatic N) is 2. The van der Waals surface area contributed by atoms with Crippen LogP contribution in [-0.2, 0) is 14.8 Å². The SMILES string of the molecule is CC1CCCCC1NC(=O)CN1CCN(S(C)(=O)=O)CC1. The van der Waals surface area contributed by atoms with Crippen molar-refractivity contribution in [1.82, 2.24) is 14.5 Å². The Hall–Kier alpha value is -0.660. The molecule has 1 aliphatic heterocycles. The van der Waals surface area contributed by atoms with Gasteiger partial charge in [-0.15, -0.1) is 0 Å². The van der Waals surface area contributed by atoms with E-state index in [0.29, 0.717) is 44.7 Å². The van der Waals surface area contributed by atoms with E-state index >= 15 is 0 Å². The molecule has 1 saturated carbocycles. The quantitative estimate of drug-likeness (QED) is 0.807. The largest absolute Gasteiger partial charge is 0.352 e. The second-order valence-corrected chi connectivity index (χ2v) is 8.36. The number of hydrogen-bond donors (Lipinski definition) is 1. The number of carbonyl (C=O) groups is 1. The summed E-state index contributed by atoms with van der Waals surface area (Å²) in [7, 11) is -3.10. The Morgan fingerprint density at radius 3 is 2.33 bits per heavy atom. The standard InChI is InChI=1S/C14H27N3O3S/c1-12-5-3-4-6-13(12)15-14(18)11-16-7-9-17(10-8-16)21(2,19)20/h12-13H,3-11H2,1-2H3,(H,15,18). The lowest BCUT2D eigenvalue weighted by atomic mass is 9.86. The lowest BCUT2D eigenvalue weighted by Crippen LogP contribution is -2.52. The molecule has 0 aromatic heterocycles. The smallest absolute Gasteiger partial charge is 0.234 e. The fourth-order valence-electron chi connectivity index (χ4n) is 3.21. The summed E-state index contributed by atoms with van der Waals surface area (Å²) in [5, 5.41) is 3.14. The van der Waals surface area contributed by atoms with Crippen LogP contribution in [0.4, 0.5) is 0 Å². The minimum Gasteiger partial charge on any atom is -0.352 e. The van der Waals surface area contributed by atoms with Crippen LogP contribution in [0.3, 0.4) is 0 Å². The van der Waals surface area contributed by atoms with Gasteiger partial charge in [-0.1, -0.05) is 19.8 Å². The molecule has 2 unspecified atom stereocenters. The summed E-state index contributed by atoms with van der Waals surface area (Å²) in [5.41, 5.74) is 0. The monoisotopic (exact) mass is 317 g/mol. The van der Waals surface area contributed by atoms with E-state index in [1.165, 1.54) is 29.8 Å². The van der Waals surface area contributed by atoms with Crippen molar-refractivity contribution in [2.24, 2.45) is 5.92 Å². The number of rotatable bonds is 4. The molecule has 21 heavy (non-hydrogen) atoms. The Bertz CT molecular complexity index is 458. The van der Waals surface area contributed by atoms with E-state index in [-0.39, 0.29) is 5.91 Å². The predicted molar refractivity (Wildman–Crippen MR) is 82.4 cm³/mol. The topological polar surface area (TPSA) is 69.7 Å². The lowest BCUT2D eigenvalue weighted by Gasteiger charge is -2.34. The molecular formula is C14H27N3O3S. The molecule has 7 heteroatoms. The molecular weight excluding hydrogens is 290 g/mol. The molecule has 122 valence electrons. The van der Waals surface area contributed by atoms with E-state index in [4.69, 9.17) is 0 Å². The maximum Gasteiger partial charge on any atom is 0.234 e. The Labute approximate surface area is 127 Å². The third-order valence-electron chi connectivity index (χ3n) is 4.63. The fraction of sp³-hybridized carbons (Fsp3) is 0.929. The third-order valence-corrected chi connectivity index (χ3v) is 5.93. The summed E-state index contributed by atoms with van der Waals surface area (Å²) in [6.07, 6.45) is 5.97. The fourth-order valence-corrected chi connectivity index (χ4v) is 4.03. The van der Waals surface area contributed by atoms with E-state index < -0.39 is 10.0 Å². The summed E-state index contributed by atoms with van der Waals surface area (Å²) < 4.78 is 24.4. The molecule has 1 saturated heterocycles. The minimum absolute atomic E-state index is 0.0709. The van der Waals surface area contributed by atoms with Crippen LogP contribution in [0.15, 0.2) is 0 Å². The number of piperazine rings is 1. The minimum atomic E-state index is -3.10. The van der Waals surface area contributed by atoms with Crippen LogP contribution in [-0.4, -0.2) is 68.6 Å². The summed E-state index contributed by atoms with van der Waals surface area (Å²) in [5.74, 6) is 0.631. The van der Waals surface area contributed by atoms with Gasteiger partial charge in [0.2, 0.25) is 15.9 Å². The van der Waals surface area contributed by atoms with Crippen molar-refractivity contribution in [3.05, 3.63) is 0 Å². The zero-order valence-electron chi connectivity index (χ0n) is 13.0. The van der Waals surface area contributed by atoms with E-state index in [2.05, 4.69) is 12.2 Å². The molecule has 2 fully saturated rings. The van der Waals surface area contributed by atoms with E-state index in [1.54, 1.807) is 0 Å². The Morgan fingerprint density at radius 2 is 1.76 bits per heavy atom. The van der Waals surface area contributed by atoms with E-state index in [0.717, 1.165) is 6.42 Å². The summed E-state index contributed by atoms with van der Waals surface area (Å²) in [6, 6.07) is 0.309. The lowest BCUT2D eigenvalue weighted by molar-refractivity contribution is -0.123. The van der Waals surface area contributed by atoms with Crippen molar-refractivity contribution < 1.29 is 13.2 Å². The van der Waals surface area contributed by atoms with Crippen molar-refractivity contribution in [3.63, 3.8) is 0 Å². The van der Waals surface area contributed by atoms with Crippen molar-refractivity contribution in [2.75, 3.05) is 39.0 Å². The molecule has 2 aliphatic rings. The van der Waals surface area contributed by atoms with Gasteiger partial charge in [0.15, 0.2) is 0 Å². The first-order chi connectivity index (χ1) is 9.86. The highest BCUT2D eigenvalue weighted by atomic mass is 32.2. The van der Waals surface area contributed by atoms with Gasteiger partial charge < -0.3 is 5.32 Å². The van der Waals surface area contributed by atoms with Gasteiger partial charge in [0, 0.05) is 32.2 Å². The first-order valence-corrected chi connectivity index (χ1v) is 9.68. The maximum atomic E-state index is 12.1. The third kappa shape index (κ3) is 4.93. The van der Waals surface area contributed by atoms with Crippen LogP contribution in [0.1, 0.15) is 32.6 Å². The molecule has 2 rings (SSSR count). The highest BCUT2D eigenvalue weighted by molar-refractivity contribution is 7.88. The first-order valence-electron chi connectivity index (χ1n) is 7.83. The van der Waals surface area contributed by atoms with Gasteiger partial charge in [-0.2, -0.15) is 4.31 Å².